The maximum atomic E-state index is 12.1. The summed E-state index contributed by atoms with van der Waals surface area (Å²) in [5.41, 5.74) is 1.21. The van der Waals surface area contributed by atoms with Crippen LogP contribution in [0.15, 0.2) is 45.1 Å². The molecule has 0 fully saturated rings. The molecule has 0 radical (unpaired) electrons. The van der Waals surface area contributed by atoms with Gasteiger partial charge in [0.25, 0.3) is 0 Å². The number of carbonyl (C=O) groups is 1. The van der Waals surface area contributed by atoms with Gasteiger partial charge in [0.2, 0.25) is 0 Å². The van der Waals surface area contributed by atoms with Crippen molar-refractivity contribution in [2.75, 3.05) is 12.9 Å². The molecule has 3 aromatic rings. The summed E-state index contributed by atoms with van der Waals surface area (Å²) < 4.78 is 6.90. The van der Waals surface area contributed by atoms with Crippen LogP contribution in [0.2, 0.25) is 0 Å². The predicted molar refractivity (Wildman–Crippen MR) is 107 cm³/mol. The minimum absolute atomic E-state index is 0.144. The van der Waals surface area contributed by atoms with Crippen molar-refractivity contribution in [3.05, 3.63) is 51.7 Å². The first-order chi connectivity index (χ1) is 12.1. The van der Waals surface area contributed by atoms with Crippen LogP contribution >= 0.6 is 46.2 Å². The average molecular weight is 409 g/mol. The van der Waals surface area contributed by atoms with Crippen LogP contribution in [0.4, 0.5) is 0 Å². The first kappa shape index (κ1) is 18.4. The summed E-state index contributed by atoms with van der Waals surface area (Å²) in [4.78, 5) is 14.1. The maximum absolute atomic E-state index is 12.1. The number of hydrogen-bond donors (Lipinski definition) is 0. The summed E-state index contributed by atoms with van der Waals surface area (Å²) in [7, 11) is 1.66. The molecule has 0 aliphatic heterocycles. The molecule has 2 heterocycles. The molecule has 25 heavy (non-hydrogen) atoms. The Labute approximate surface area is 163 Å². The topological polar surface area (TPSA) is 52.1 Å². The molecule has 8 heteroatoms. The number of carbonyl (C=O) groups excluding carboxylic acids is 1. The van der Waals surface area contributed by atoms with E-state index in [4.69, 9.17) is 4.74 Å². The highest BCUT2D eigenvalue weighted by atomic mass is 32.2. The average Bonchev–Trinajstić information content (AvgIpc) is 3.27. The summed E-state index contributed by atoms with van der Waals surface area (Å²) in [5, 5.41) is 8.37. The lowest BCUT2D eigenvalue weighted by Crippen LogP contribution is -1.98. The second-order valence-electron chi connectivity index (χ2n) is 5.09. The number of rotatable bonds is 8. The monoisotopic (exact) mass is 408 g/mol. The molecule has 2 aromatic heterocycles. The van der Waals surface area contributed by atoms with E-state index in [2.05, 4.69) is 10.2 Å². The Bertz CT molecular complexity index is 842. The molecule has 0 amide bonds. The van der Waals surface area contributed by atoms with Crippen molar-refractivity contribution in [2.45, 2.75) is 21.4 Å². The second kappa shape index (κ2) is 8.84. The number of nitrogens with zero attached hydrogens (tertiary/aromatic N) is 2. The Balaban J connectivity index is 1.49. The lowest BCUT2D eigenvalue weighted by Gasteiger charge is -2.01. The largest absolute Gasteiger partial charge is 0.497 e. The molecule has 0 saturated heterocycles. The zero-order valence-corrected chi connectivity index (χ0v) is 17.0. The highest BCUT2D eigenvalue weighted by Gasteiger charge is 2.12. The Kier molecular flexibility index (Phi) is 6.52. The molecule has 0 N–H and O–H groups in total. The van der Waals surface area contributed by atoms with Crippen LogP contribution in [0.25, 0.3) is 0 Å². The highest BCUT2D eigenvalue weighted by molar-refractivity contribution is 8.03. The van der Waals surface area contributed by atoms with Crippen LogP contribution in [-0.4, -0.2) is 28.8 Å². The first-order valence-electron chi connectivity index (χ1n) is 7.45. The lowest BCUT2D eigenvalue weighted by molar-refractivity contribution is 0.102. The third kappa shape index (κ3) is 5.31. The number of ketones is 1. The summed E-state index contributed by atoms with van der Waals surface area (Å²) in [5.74, 6) is 2.23. The van der Waals surface area contributed by atoms with Crippen molar-refractivity contribution in [3.63, 3.8) is 0 Å². The van der Waals surface area contributed by atoms with E-state index in [1.807, 2.05) is 43.3 Å². The lowest BCUT2D eigenvalue weighted by atomic mass is 10.2. The van der Waals surface area contributed by atoms with Gasteiger partial charge in [0.15, 0.2) is 14.5 Å². The van der Waals surface area contributed by atoms with E-state index in [9.17, 15) is 4.79 Å². The van der Waals surface area contributed by atoms with E-state index in [-0.39, 0.29) is 5.78 Å². The molecular weight excluding hydrogens is 392 g/mol. The number of benzene rings is 1. The van der Waals surface area contributed by atoms with Gasteiger partial charge in [-0.2, -0.15) is 0 Å². The minimum Gasteiger partial charge on any atom is -0.497 e. The predicted octanol–water partition coefficient (Wildman–Crippen LogP) is 5.18. The Morgan fingerprint density at radius 1 is 1.04 bits per heavy atom. The van der Waals surface area contributed by atoms with Gasteiger partial charge in [0, 0.05) is 10.6 Å². The van der Waals surface area contributed by atoms with Gasteiger partial charge in [-0.3, -0.25) is 4.79 Å². The smallest absolute Gasteiger partial charge is 0.183 e. The van der Waals surface area contributed by atoms with Crippen molar-refractivity contribution in [2.24, 2.45) is 0 Å². The molecule has 3 rings (SSSR count). The van der Waals surface area contributed by atoms with E-state index < -0.39 is 0 Å². The number of Topliss-reactive ketones (excluding diaryl/α,β-unsaturated/α-hetero) is 1. The molecule has 130 valence electrons. The van der Waals surface area contributed by atoms with Gasteiger partial charge in [-0.05, 0) is 36.8 Å². The van der Waals surface area contributed by atoms with Gasteiger partial charge < -0.3 is 4.74 Å². The third-order valence-electron chi connectivity index (χ3n) is 3.25. The van der Waals surface area contributed by atoms with E-state index in [1.165, 1.54) is 40.0 Å². The zero-order chi connectivity index (χ0) is 17.6. The van der Waals surface area contributed by atoms with Crippen LogP contribution in [0.1, 0.15) is 20.1 Å². The van der Waals surface area contributed by atoms with Gasteiger partial charge in [-0.25, -0.2) is 0 Å². The normalized spacial score (nSPS) is 10.8. The SMILES string of the molecule is COc1ccc(CSc2nnc(SCC(=O)c3ccc(C)s3)s2)cc1. The standard InChI is InChI=1S/C17H16N2O2S4/c1-11-3-8-15(24-11)14(20)10-23-17-19-18-16(25-17)22-9-12-4-6-13(21-2)7-5-12/h3-8H,9-10H2,1-2H3. The summed E-state index contributed by atoms with van der Waals surface area (Å²) in [6.07, 6.45) is 0. The van der Waals surface area contributed by atoms with E-state index in [0.29, 0.717) is 5.75 Å². The third-order valence-corrected chi connectivity index (χ3v) is 7.55. The van der Waals surface area contributed by atoms with Crippen LogP contribution in [0.3, 0.4) is 0 Å². The minimum atomic E-state index is 0.144. The number of ether oxygens (including phenoxy) is 1. The van der Waals surface area contributed by atoms with Crippen LogP contribution in [-0.2, 0) is 5.75 Å². The number of hydrogen-bond acceptors (Lipinski definition) is 8. The Morgan fingerprint density at radius 2 is 1.76 bits per heavy atom. The molecule has 0 unspecified atom stereocenters. The molecular formula is C17H16N2O2S4. The van der Waals surface area contributed by atoms with Crippen molar-refractivity contribution < 1.29 is 9.53 Å². The number of aryl methyl sites for hydroxylation is 1. The fourth-order valence-corrected chi connectivity index (χ4v) is 5.72. The zero-order valence-electron chi connectivity index (χ0n) is 13.7. The van der Waals surface area contributed by atoms with Gasteiger partial charge in [-0.15, -0.1) is 21.5 Å². The quantitative estimate of drug-likeness (QED) is 0.378. The molecule has 0 aliphatic carbocycles. The van der Waals surface area contributed by atoms with Crippen LogP contribution < -0.4 is 4.74 Å². The van der Waals surface area contributed by atoms with Gasteiger partial charge in [0.1, 0.15) is 5.75 Å². The molecule has 0 atom stereocenters. The number of thiophene rings is 1. The van der Waals surface area contributed by atoms with Gasteiger partial charge in [-0.1, -0.05) is 47.0 Å². The molecule has 4 nitrogen and oxygen atoms in total. The number of aromatic nitrogens is 2. The Hall–Kier alpha value is -1.35. The fourth-order valence-electron chi connectivity index (χ4n) is 1.96. The molecule has 0 bridgehead atoms. The maximum Gasteiger partial charge on any atom is 0.183 e. The van der Waals surface area contributed by atoms with E-state index >= 15 is 0 Å². The van der Waals surface area contributed by atoms with E-state index in [0.717, 1.165) is 29.9 Å². The summed E-state index contributed by atoms with van der Waals surface area (Å²) >= 11 is 6.17. The van der Waals surface area contributed by atoms with Gasteiger partial charge >= 0.3 is 0 Å². The Morgan fingerprint density at radius 3 is 2.40 bits per heavy atom. The molecule has 1 aromatic carbocycles. The first-order valence-corrected chi connectivity index (χ1v) is 11.1. The van der Waals surface area contributed by atoms with Gasteiger partial charge in [0.05, 0.1) is 17.7 Å². The van der Waals surface area contributed by atoms with Crippen molar-refractivity contribution in [1.29, 1.82) is 0 Å². The van der Waals surface area contributed by atoms with E-state index in [1.54, 1.807) is 18.9 Å². The molecule has 0 saturated carbocycles. The highest BCUT2D eigenvalue weighted by Crippen LogP contribution is 2.31. The number of methoxy groups -OCH3 is 1. The fraction of sp³-hybridized carbons (Fsp3) is 0.235. The summed E-state index contributed by atoms with van der Waals surface area (Å²) in [6, 6.07) is 11.9. The second-order valence-corrected chi connectivity index (χ2v) is 9.80. The van der Waals surface area contributed by atoms with Crippen LogP contribution in [0.5, 0.6) is 5.75 Å². The number of thioether (sulfide) groups is 2. The summed E-state index contributed by atoms with van der Waals surface area (Å²) in [6.45, 7) is 2.01. The van der Waals surface area contributed by atoms with Crippen molar-refractivity contribution >= 4 is 52.0 Å². The molecule has 0 aliphatic rings. The molecule has 0 spiro atoms. The van der Waals surface area contributed by atoms with Crippen LogP contribution in [0, 0.1) is 6.92 Å². The van der Waals surface area contributed by atoms with Crippen molar-refractivity contribution in [1.82, 2.24) is 10.2 Å². The van der Waals surface area contributed by atoms with Crippen molar-refractivity contribution in [3.8, 4) is 5.75 Å².